The first-order chi connectivity index (χ1) is 8.74. The largest absolute Gasteiger partial charge is 0.357 e. The van der Waals surface area contributed by atoms with Gasteiger partial charge in [0, 0.05) is 25.7 Å². The van der Waals surface area contributed by atoms with Crippen LogP contribution in [0.2, 0.25) is 5.02 Å². The van der Waals surface area contributed by atoms with Crippen LogP contribution in [-0.2, 0) is 6.54 Å². The lowest BCUT2D eigenvalue weighted by Gasteiger charge is -2.35. The number of pyridine rings is 1. The van der Waals surface area contributed by atoms with Crippen LogP contribution in [0.1, 0.15) is 37.8 Å². The van der Waals surface area contributed by atoms with E-state index in [0.717, 1.165) is 23.1 Å². The van der Waals surface area contributed by atoms with Crippen LogP contribution in [0, 0.1) is 0 Å². The van der Waals surface area contributed by atoms with Gasteiger partial charge in [0.25, 0.3) is 0 Å². The molecule has 0 spiro atoms. The lowest BCUT2D eigenvalue weighted by molar-refractivity contribution is 0.399. The number of aromatic nitrogens is 1. The summed E-state index contributed by atoms with van der Waals surface area (Å²) in [6.07, 6.45) is 6.50. The van der Waals surface area contributed by atoms with Gasteiger partial charge in [0.15, 0.2) is 0 Å². The van der Waals surface area contributed by atoms with Crippen molar-refractivity contribution >= 4 is 17.4 Å². The molecule has 18 heavy (non-hydrogen) atoms. The van der Waals surface area contributed by atoms with Crippen molar-refractivity contribution in [2.75, 3.05) is 11.9 Å². The zero-order valence-electron chi connectivity index (χ0n) is 10.8. The van der Waals surface area contributed by atoms with E-state index >= 15 is 0 Å². The maximum atomic E-state index is 6.21. The lowest BCUT2D eigenvalue weighted by Crippen LogP contribution is -2.37. The molecular formula is C14H20ClN3. The molecule has 0 amide bonds. The van der Waals surface area contributed by atoms with Crippen molar-refractivity contribution < 1.29 is 0 Å². The lowest BCUT2D eigenvalue weighted by atomic mass is 9.92. The molecule has 98 valence electrons. The highest BCUT2D eigenvalue weighted by molar-refractivity contribution is 6.31. The molecule has 2 saturated carbocycles. The second-order valence-electron chi connectivity index (χ2n) is 5.45. The number of anilines is 1. The summed E-state index contributed by atoms with van der Waals surface area (Å²) in [7, 11) is 2.14. The van der Waals surface area contributed by atoms with E-state index in [1.165, 1.54) is 32.1 Å². The molecule has 0 aromatic carbocycles. The van der Waals surface area contributed by atoms with Crippen molar-refractivity contribution in [3.05, 3.63) is 22.8 Å². The SMILES string of the molecule is CN(c1ccc(Cl)c(CNC2CC2)n1)C1CCC1. The standard InChI is InChI=1S/C14H20ClN3/c1-18(11-3-2-4-11)14-8-7-12(15)13(17-14)9-16-10-5-6-10/h7-8,10-11,16H,2-6,9H2,1H3. The van der Waals surface area contributed by atoms with Gasteiger partial charge in [0.2, 0.25) is 0 Å². The minimum absolute atomic E-state index is 0.669. The predicted molar refractivity (Wildman–Crippen MR) is 75.2 cm³/mol. The molecule has 1 aromatic rings. The molecule has 0 unspecified atom stereocenters. The summed E-state index contributed by atoms with van der Waals surface area (Å²) in [5.41, 5.74) is 0.979. The number of halogens is 1. The third kappa shape index (κ3) is 2.62. The van der Waals surface area contributed by atoms with Gasteiger partial charge in [-0.25, -0.2) is 4.98 Å². The van der Waals surface area contributed by atoms with E-state index in [-0.39, 0.29) is 0 Å². The van der Waals surface area contributed by atoms with Crippen molar-refractivity contribution in [3.63, 3.8) is 0 Å². The van der Waals surface area contributed by atoms with Crippen molar-refractivity contribution in [3.8, 4) is 0 Å². The molecule has 2 aliphatic rings. The molecular weight excluding hydrogens is 246 g/mol. The molecule has 0 atom stereocenters. The first-order valence-electron chi connectivity index (χ1n) is 6.85. The first-order valence-corrected chi connectivity index (χ1v) is 7.23. The molecule has 0 saturated heterocycles. The molecule has 1 heterocycles. The summed E-state index contributed by atoms with van der Waals surface area (Å²) in [5.74, 6) is 1.05. The number of nitrogens with zero attached hydrogens (tertiary/aromatic N) is 2. The molecule has 2 aliphatic carbocycles. The first kappa shape index (κ1) is 12.2. The van der Waals surface area contributed by atoms with E-state index < -0.39 is 0 Å². The predicted octanol–water partition coefficient (Wildman–Crippen LogP) is 2.98. The van der Waals surface area contributed by atoms with Crippen LogP contribution in [0.15, 0.2) is 12.1 Å². The quantitative estimate of drug-likeness (QED) is 0.887. The third-order valence-corrected chi connectivity index (χ3v) is 4.37. The topological polar surface area (TPSA) is 28.2 Å². The van der Waals surface area contributed by atoms with Crippen molar-refractivity contribution in [1.29, 1.82) is 0 Å². The Morgan fingerprint density at radius 3 is 2.72 bits per heavy atom. The normalized spacial score (nSPS) is 19.7. The average Bonchev–Trinajstić information content (AvgIpc) is 3.09. The van der Waals surface area contributed by atoms with Crippen LogP contribution in [0.3, 0.4) is 0 Å². The van der Waals surface area contributed by atoms with Crippen LogP contribution in [-0.4, -0.2) is 24.1 Å². The van der Waals surface area contributed by atoms with Gasteiger partial charge in [-0.05, 0) is 44.2 Å². The van der Waals surface area contributed by atoms with Crippen LogP contribution < -0.4 is 10.2 Å². The summed E-state index contributed by atoms with van der Waals surface area (Å²) in [6.45, 7) is 0.788. The van der Waals surface area contributed by atoms with Crippen molar-refractivity contribution in [1.82, 2.24) is 10.3 Å². The van der Waals surface area contributed by atoms with Gasteiger partial charge in [0.05, 0.1) is 10.7 Å². The molecule has 0 aliphatic heterocycles. The van der Waals surface area contributed by atoms with Crippen LogP contribution in [0.4, 0.5) is 5.82 Å². The smallest absolute Gasteiger partial charge is 0.128 e. The Bertz CT molecular complexity index is 427. The Balaban J connectivity index is 1.71. The Morgan fingerprint density at radius 1 is 1.33 bits per heavy atom. The van der Waals surface area contributed by atoms with E-state index in [9.17, 15) is 0 Å². The number of hydrogen-bond acceptors (Lipinski definition) is 3. The van der Waals surface area contributed by atoms with Crippen LogP contribution >= 0.6 is 11.6 Å². The van der Waals surface area contributed by atoms with Gasteiger partial charge in [-0.1, -0.05) is 11.6 Å². The molecule has 0 radical (unpaired) electrons. The molecule has 4 heteroatoms. The van der Waals surface area contributed by atoms with Gasteiger partial charge < -0.3 is 10.2 Å². The summed E-state index contributed by atoms with van der Waals surface area (Å²) in [6, 6.07) is 5.36. The van der Waals surface area contributed by atoms with E-state index in [0.29, 0.717) is 12.1 Å². The number of nitrogens with one attached hydrogen (secondary N) is 1. The van der Waals surface area contributed by atoms with Gasteiger partial charge in [-0.15, -0.1) is 0 Å². The Hall–Kier alpha value is -0.800. The highest BCUT2D eigenvalue weighted by atomic mass is 35.5. The number of rotatable bonds is 5. The maximum absolute atomic E-state index is 6.21. The van der Waals surface area contributed by atoms with Crippen molar-refractivity contribution in [2.24, 2.45) is 0 Å². The zero-order chi connectivity index (χ0) is 12.5. The monoisotopic (exact) mass is 265 g/mol. The molecule has 1 aromatic heterocycles. The second-order valence-corrected chi connectivity index (χ2v) is 5.86. The van der Waals surface area contributed by atoms with E-state index in [1.54, 1.807) is 0 Å². The fourth-order valence-corrected chi connectivity index (χ4v) is 2.45. The third-order valence-electron chi connectivity index (χ3n) is 4.02. The van der Waals surface area contributed by atoms with Gasteiger partial charge in [-0.3, -0.25) is 0 Å². The average molecular weight is 266 g/mol. The van der Waals surface area contributed by atoms with Crippen LogP contribution in [0.25, 0.3) is 0 Å². The molecule has 3 rings (SSSR count). The highest BCUT2D eigenvalue weighted by Gasteiger charge is 2.24. The highest BCUT2D eigenvalue weighted by Crippen LogP contribution is 2.28. The fourth-order valence-electron chi connectivity index (χ4n) is 2.28. The Morgan fingerprint density at radius 2 is 2.11 bits per heavy atom. The summed E-state index contributed by atoms with van der Waals surface area (Å²) < 4.78 is 0. The van der Waals surface area contributed by atoms with Gasteiger partial charge in [-0.2, -0.15) is 0 Å². The minimum Gasteiger partial charge on any atom is -0.357 e. The molecule has 3 nitrogen and oxygen atoms in total. The Labute approximate surface area is 114 Å². The second kappa shape index (κ2) is 5.06. The zero-order valence-corrected chi connectivity index (χ0v) is 11.6. The fraction of sp³-hybridized carbons (Fsp3) is 0.643. The molecule has 2 fully saturated rings. The van der Waals surface area contributed by atoms with Gasteiger partial charge in [0.1, 0.15) is 5.82 Å². The van der Waals surface area contributed by atoms with Crippen LogP contribution in [0.5, 0.6) is 0 Å². The van der Waals surface area contributed by atoms with E-state index in [4.69, 9.17) is 16.6 Å². The Kier molecular flexibility index (Phi) is 3.44. The maximum Gasteiger partial charge on any atom is 0.128 e. The molecule has 0 bridgehead atoms. The summed E-state index contributed by atoms with van der Waals surface area (Å²) in [5, 5.41) is 4.24. The summed E-state index contributed by atoms with van der Waals surface area (Å²) >= 11 is 6.21. The van der Waals surface area contributed by atoms with Crippen molar-refractivity contribution in [2.45, 2.75) is 50.7 Å². The number of hydrogen-bond donors (Lipinski definition) is 1. The summed E-state index contributed by atoms with van der Waals surface area (Å²) in [4.78, 5) is 7.00. The van der Waals surface area contributed by atoms with E-state index in [2.05, 4.69) is 17.3 Å². The van der Waals surface area contributed by atoms with Gasteiger partial charge >= 0.3 is 0 Å². The minimum atomic E-state index is 0.669. The molecule has 1 N–H and O–H groups in total. The van der Waals surface area contributed by atoms with E-state index in [1.807, 2.05) is 12.1 Å².